The molecule has 0 bridgehead atoms. The molecule has 0 aromatic carbocycles. The van der Waals surface area contributed by atoms with Crippen LogP contribution in [-0.2, 0) is 24.8 Å². The Morgan fingerprint density at radius 2 is 2.42 bits per heavy atom. The Balaban J connectivity index is 1.87. The van der Waals surface area contributed by atoms with Gasteiger partial charge in [-0.25, -0.2) is 0 Å². The Morgan fingerprint density at radius 1 is 1.53 bits per heavy atom. The number of aromatic nitrogens is 2. The number of hydrogen-bond donors (Lipinski definition) is 0. The predicted molar refractivity (Wildman–Crippen MR) is 76.3 cm³/mol. The van der Waals surface area contributed by atoms with Gasteiger partial charge >= 0.3 is 0 Å². The quantitative estimate of drug-likeness (QED) is 0.858. The summed E-state index contributed by atoms with van der Waals surface area (Å²) in [6.07, 6.45) is 3.08. The van der Waals surface area contributed by atoms with E-state index in [4.69, 9.17) is 4.74 Å². The first-order valence-corrected chi connectivity index (χ1v) is 7.48. The summed E-state index contributed by atoms with van der Waals surface area (Å²) < 4.78 is 7.43. The maximum Gasteiger partial charge on any atom is 0.0760 e. The normalized spacial score (nSPS) is 19.6. The van der Waals surface area contributed by atoms with Crippen LogP contribution in [0.2, 0.25) is 0 Å². The Hall–Kier alpha value is -1.17. The van der Waals surface area contributed by atoms with Gasteiger partial charge in [-0.2, -0.15) is 16.4 Å². The van der Waals surface area contributed by atoms with Crippen LogP contribution in [0, 0.1) is 0 Å². The molecule has 3 heterocycles. The van der Waals surface area contributed by atoms with Gasteiger partial charge in [0.15, 0.2) is 0 Å². The molecule has 19 heavy (non-hydrogen) atoms. The van der Waals surface area contributed by atoms with Crippen LogP contribution in [0.1, 0.15) is 22.9 Å². The minimum Gasteiger partial charge on any atom is -0.383 e. The van der Waals surface area contributed by atoms with Crippen LogP contribution in [0.5, 0.6) is 0 Å². The molecule has 1 aliphatic heterocycles. The second-order valence-electron chi connectivity index (χ2n) is 5.00. The van der Waals surface area contributed by atoms with Crippen molar-refractivity contribution in [2.45, 2.75) is 19.0 Å². The summed E-state index contributed by atoms with van der Waals surface area (Å²) in [5, 5.41) is 8.76. The summed E-state index contributed by atoms with van der Waals surface area (Å²) in [7, 11) is 3.79. The molecule has 102 valence electrons. The summed E-state index contributed by atoms with van der Waals surface area (Å²) >= 11 is 1.76. The van der Waals surface area contributed by atoms with E-state index in [0.29, 0.717) is 6.04 Å². The van der Waals surface area contributed by atoms with Crippen LogP contribution in [0.15, 0.2) is 23.0 Å². The summed E-state index contributed by atoms with van der Waals surface area (Å²) in [5.41, 5.74) is 4.06. The zero-order valence-corrected chi connectivity index (χ0v) is 12.2. The van der Waals surface area contributed by atoms with Crippen molar-refractivity contribution in [2.24, 2.45) is 7.05 Å². The molecule has 4 nitrogen and oxygen atoms in total. The molecule has 0 spiro atoms. The molecule has 0 saturated carbocycles. The maximum atomic E-state index is 5.43. The van der Waals surface area contributed by atoms with Gasteiger partial charge in [-0.05, 0) is 34.4 Å². The molecule has 0 aliphatic carbocycles. The van der Waals surface area contributed by atoms with Gasteiger partial charge in [-0.15, -0.1) is 0 Å². The molecule has 1 aliphatic rings. The lowest BCUT2D eigenvalue weighted by Gasteiger charge is -2.35. The summed E-state index contributed by atoms with van der Waals surface area (Å²) in [5.74, 6) is 0. The van der Waals surface area contributed by atoms with Crippen LogP contribution >= 0.6 is 11.3 Å². The Kier molecular flexibility index (Phi) is 3.68. The fourth-order valence-electron chi connectivity index (χ4n) is 2.86. The summed E-state index contributed by atoms with van der Waals surface area (Å²) in [4.78, 5) is 2.50. The molecule has 0 N–H and O–H groups in total. The molecule has 0 fully saturated rings. The number of nitrogens with zero attached hydrogens (tertiary/aromatic N) is 3. The fraction of sp³-hybridized carbons (Fsp3) is 0.500. The molecule has 0 unspecified atom stereocenters. The molecule has 2 aromatic heterocycles. The van der Waals surface area contributed by atoms with E-state index in [1.165, 1.54) is 16.8 Å². The van der Waals surface area contributed by atoms with E-state index in [2.05, 4.69) is 26.8 Å². The number of methoxy groups -OCH3 is 1. The Bertz CT molecular complexity index is 535. The van der Waals surface area contributed by atoms with Crippen molar-refractivity contribution in [1.82, 2.24) is 14.7 Å². The molecule has 0 amide bonds. The Labute approximate surface area is 117 Å². The first-order chi connectivity index (χ1) is 9.29. The van der Waals surface area contributed by atoms with Gasteiger partial charge in [0.05, 0.1) is 24.5 Å². The predicted octanol–water partition coefficient (Wildman–Crippen LogP) is 2.23. The second kappa shape index (κ2) is 5.45. The minimum atomic E-state index is 0.307. The van der Waals surface area contributed by atoms with E-state index in [0.717, 1.165) is 26.1 Å². The van der Waals surface area contributed by atoms with Crippen LogP contribution in [0.3, 0.4) is 0 Å². The van der Waals surface area contributed by atoms with Crippen molar-refractivity contribution in [2.75, 3.05) is 20.3 Å². The van der Waals surface area contributed by atoms with E-state index in [1.54, 1.807) is 18.4 Å². The van der Waals surface area contributed by atoms with Crippen molar-refractivity contribution in [3.05, 3.63) is 39.8 Å². The van der Waals surface area contributed by atoms with E-state index in [1.807, 2.05) is 17.9 Å². The monoisotopic (exact) mass is 277 g/mol. The highest BCUT2D eigenvalue weighted by atomic mass is 32.1. The third-order valence-electron chi connectivity index (χ3n) is 3.78. The second-order valence-corrected chi connectivity index (χ2v) is 5.78. The van der Waals surface area contributed by atoms with Crippen LogP contribution in [0.25, 0.3) is 0 Å². The maximum absolute atomic E-state index is 5.43. The molecule has 1 atom stereocenters. The first kappa shape index (κ1) is 12.8. The topological polar surface area (TPSA) is 30.3 Å². The van der Waals surface area contributed by atoms with E-state index >= 15 is 0 Å². The third kappa shape index (κ3) is 2.45. The largest absolute Gasteiger partial charge is 0.383 e. The van der Waals surface area contributed by atoms with Crippen LogP contribution in [0.4, 0.5) is 0 Å². The third-order valence-corrected chi connectivity index (χ3v) is 4.51. The van der Waals surface area contributed by atoms with Gasteiger partial charge in [0.25, 0.3) is 0 Å². The van der Waals surface area contributed by atoms with Crippen molar-refractivity contribution < 1.29 is 4.74 Å². The number of thiophene rings is 1. The van der Waals surface area contributed by atoms with Gasteiger partial charge in [-0.3, -0.25) is 9.58 Å². The summed E-state index contributed by atoms with van der Waals surface area (Å²) in [6.45, 7) is 2.78. The van der Waals surface area contributed by atoms with Crippen molar-refractivity contribution in [1.29, 1.82) is 0 Å². The van der Waals surface area contributed by atoms with E-state index < -0.39 is 0 Å². The molecule has 0 radical (unpaired) electrons. The number of rotatable bonds is 4. The number of ether oxygens (including phenoxy) is 1. The first-order valence-electron chi connectivity index (χ1n) is 6.54. The lowest BCUT2D eigenvalue weighted by Crippen LogP contribution is -2.38. The number of hydrogen-bond acceptors (Lipinski definition) is 4. The highest BCUT2D eigenvalue weighted by molar-refractivity contribution is 7.07. The highest BCUT2D eigenvalue weighted by Gasteiger charge is 2.30. The van der Waals surface area contributed by atoms with Crippen molar-refractivity contribution in [3.63, 3.8) is 0 Å². The average Bonchev–Trinajstić information content (AvgIpc) is 3.03. The van der Waals surface area contributed by atoms with Crippen LogP contribution in [-0.4, -0.2) is 34.9 Å². The highest BCUT2D eigenvalue weighted by Crippen LogP contribution is 2.30. The lowest BCUT2D eigenvalue weighted by atomic mass is 9.99. The SMILES string of the molecule is COC[C@H]1c2c(cnn2C)CCN1Cc1ccsc1. The van der Waals surface area contributed by atoms with Gasteiger partial charge < -0.3 is 4.74 Å². The summed E-state index contributed by atoms with van der Waals surface area (Å²) in [6, 6.07) is 2.51. The molecule has 2 aromatic rings. The number of fused-ring (bicyclic) bond motifs is 1. The molecular weight excluding hydrogens is 258 g/mol. The van der Waals surface area contributed by atoms with Crippen LogP contribution < -0.4 is 0 Å². The molecule has 3 rings (SSSR count). The van der Waals surface area contributed by atoms with Gasteiger partial charge in [0.2, 0.25) is 0 Å². The van der Waals surface area contributed by atoms with Gasteiger partial charge in [-0.1, -0.05) is 0 Å². The Morgan fingerprint density at radius 3 is 3.16 bits per heavy atom. The smallest absolute Gasteiger partial charge is 0.0760 e. The van der Waals surface area contributed by atoms with E-state index in [-0.39, 0.29) is 0 Å². The van der Waals surface area contributed by atoms with Gasteiger partial charge in [0, 0.05) is 27.2 Å². The molecule has 5 heteroatoms. The van der Waals surface area contributed by atoms with Gasteiger partial charge in [0.1, 0.15) is 0 Å². The molecule has 0 saturated heterocycles. The van der Waals surface area contributed by atoms with Crippen molar-refractivity contribution in [3.8, 4) is 0 Å². The fourth-order valence-corrected chi connectivity index (χ4v) is 3.52. The lowest BCUT2D eigenvalue weighted by molar-refractivity contribution is 0.0735. The number of aryl methyl sites for hydroxylation is 1. The average molecular weight is 277 g/mol. The molecular formula is C14H19N3OS. The van der Waals surface area contributed by atoms with E-state index in [9.17, 15) is 0 Å². The van der Waals surface area contributed by atoms with Crippen molar-refractivity contribution >= 4 is 11.3 Å². The standard InChI is InChI=1S/C14H19N3OS/c1-16-14-12(7-15-16)3-5-17(13(14)9-18-2)8-11-4-6-19-10-11/h4,6-7,10,13H,3,5,8-9H2,1-2H3/t13-/m0/s1. The minimum absolute atomic E-state index is 0.307. The zero-order valence-electron chi connectivity index (χ0n) is 11.4. The zero-order chi connectivity index (χ0) is 13.2.